The van der Waals surface area contributed by atoms with E-state index in [1.165, 1.54) is 4.90 Å². The zero-order valence-electron chi connectivity index (χ0n) is 12.0. The number of hydrogen-bond acceptors (Lipinski definition) is 3. The molecule has 1 aliphatic heterocycles. The molecule has 1 atom stereocenters. The number of fused-ring (bicyclic) bond motifs is 1. The molecule has 0 radical (unpaired) electrons. The van der Waals surface area contributed by atoms with Crippen molar-refractivity contribution in [3.63, 3.8) is 0 Å². The average Bonchev–Trinajstić information content (AvgIpc) is 2.79. The summed E-state index contributed by atoms with van der Waals surface area (Å²) in [6, 6.07) is 14.5. The number of rotatable bonds is 4. The second-order valence-corrected chi connectivity index (χ2v) is 5.98. The van der Waals surface area contributed by atoms with Crippen LogP contribution >= 0.6 is 15.9 Å². The standard InChI is InChI=1S/C17H14BrNO3/c1-11(22-10-12-6-8-13(18)9-7-12)19-16(20)14-4-2-3-5-15(14)17(19)21/h2-9,11H,10H2,1H3. The Bertz CT molecular complexity index is 692. The summed E-state index contributed by atoms with van der Waals surface area (Å²) >= 11 is 3.37. The quantitative estimate of drug-likeness (QED) is 0.783. The molecule has 0 aliphatic carbocycles. The van der Waals surface area contributed by atoms with Gasteiger partial charge in [0.2, 0.25) is 0 Å². The van der Waals surface area contributed by atoms with Gasteiger partial charge in [0.25, 0.3) is 11.8 Å². The fourth-order valence-electron chi connectivity index (χ4n) is 2.41. The van der Waals surface area contributed by atoms with Gasteiger partial charge in [-0.05, 0) is 36.8 Å². The number of imide groups is 1. The molecular weight excluding hydrogens is 346 g/mol. The van der Waals surface area contributed by atoms with Gasteiger partial charge in [0.05, 0.1) is 17.7 Å². The van der Waals surface area contributed by atoms with Crippen LogP contribution in [0.4, 0.5) is 0 Å². The Hall–Kier alpha value is -1.98. The van der Waals surface area contributed by atoms with Crippen LogP contribution in [0.25, 0.3) is 0 Å². The zero-order valence-corrected chi connectivity index (χ0v) is 13.5. The highest BCUT2D eigenvalue weighted by Crippen LogP contribution is 2.25. The molecule has 0 saturated carbocycles. The Kier molecular flexibility index (Phi) is 4.09. The summed E-state index contributed by atoms with van der Waals surface area (Å²) in [5.74, 6) is -0.604. The highest BCUT2D eigenvalue weighted by Gasteiger charge is 2.38. The monoisotopic (exact) mass is 359 g/mol. The Labute approximate surface area is 136 Å². The van der Waals surface area contributed by atoms with Crippen LogP contribution in [0, 0.1) is 0 Å². The lowest BCUT2D eigenvalue weighted by Gasteiger charge is -2.22. The number of hydrogen-bond donors (Lipinski definition) is 0. The second-order valence-electron chi connectivity index (χ2n) is 5.06. The van der Waals surface area contributed by atoms with E-state index in [0.717, 1.165) is 10.0 Å². The minimum absolute atomic E-state index is 0.302. The maximum absolute atomic E-state index is 12.3. The Morgan fingerprint density at radius 1 is 1.00 bits per heavy atom. The summed E-state index contributed by atoms with van der Waals surface area (Å²) in [7, 11) is 0. The predicted octanol–water partition coefficient (Wildman–Crippen LogP) is 3.61. The molecule has 1 heterocycles. The van der Waals surface area contributed by atoms with E-state index in [9.17, 15) is 9.59 Å². The smallest absolute Gasteiger partial charge is 0.263 e. The van der Waals surface area contributed by atoms with E-state index in [1.54, 1.807) is 31.2 Å². The molecule has 3 rings (SSSR count). The van der Waals surface area contributed by atoms with Gasteiger partial charge in [-0.15, -0.1) is 0 Å². The first-order valence-corrected chi connectivity index (χ1v) is 7.70. The van der Waals surface area contributed by atoms with Crippen molar-refractivity contribution in [1.82, 2.24) is 4.90 Å². The predicted molar refractivity (Wildman–Crippen MR) is 85.3 cm³/mol. The minimum atomic E-state index is -0.615. The van der Waals surface area contributed by atoms with Gasteiger partial charge < -0.3 is 4.74 Å². The molecule has 0 spiro atoms. The molecule has 4 nitrogen and oxygen atoms in total. The number of carbonyl (C=O) groups excluding carboxylic acids is 2. The van der Waals surface area contributed by atoms with Crippen LogP contribution in [0.1, 0.15) is 33.2 Å². The summed E-state index contributed by atoms with van der Waals surface area (Å²) in [6.07, 6.45) is -0.615. The summed E-state index contributed by atoms with van der Waals surface area (Å²) in [6.45, 7) is 2.04. The maximum Gasteiger partial charge on any atom is 0.263 e. The fraction of sp³-hybridized carbons (Fsp3) is 0.176. The normalized spacial score (nSPS) is 15.1. The lowest BCUT2D eigenvalue weighted by molar-refractivity contribution is -0.0306. The first-order chi connectivity index (χ1) is 10.6. The van der Waals surface area contributed by atoms with E-state index in [0.29, 0.717) is 17.7 Å². The fourth-order valence-corrected chi connectivity index (χ4v) is 2.67. The minimum Gasteiger partial charge on any atom is -0.353 e. The van der Waals surface area contributed by atoms with Crippen molar-refractivity contribution in [3.05, 3.63) is 69.7 Å². The molecular formula is C17H14BrNO3. The number of benzene rings is 2. The SMILES string of the molecule is CC(OCc1ccc(Br)cc1)N1C(=O)c2ccccc2C1=O. The van der Waals surface area contributed by atoms with Crippen molar-refractivity contribution in [3.8, 4) is 0 Å². The average molecular weight is 360 g/mol. The van der Waals surface area contributed by atoms with Crippen molar-refractivity contribution >= 4 is 27.7 Å². The Morgan fingerprint density at radius 2 is 1.55 bits per heavy atom. The van der Waals surface area contributed by atoms with Crippen LogP contribution < -0.4 is 0 Å². The lowest BCUT2D eigenvalue weighted by Crippen LogP contribution is -2.39. The summed E-state index contributed by atoms with van der Waals surface area (Å²) in [5, 5.41) is 0. The maximum atomic E-state index is 12.3. The molecule has 1 unspecified atom stereocenters. The lowest BCUT2D eigenvalue weighted by atomic mass is 10.1. The van der Waals surface area contributed by atoms with Crippen LogP contribution in [-0.2, 0) is 11.3 Å². The summed E-state index contributed by atoms with van der Waals surface area (Å²) in [5.41, 5.74) is 1.85. The molecule has 0 fully saturated rings. The van der Waals surface area contributed by atoms with Crippen molar-refractivity contribution in [1.29, 1.82) is 0 Å². The molecule has 0 saturated heterocycles. The molecule has 5 heteroatoms. The van der Waals surface area contributed by atoms with Gasteiger partial charge in [-0.3, -0.25) is 9.59 Å². The van der Waals surface area contributed by atoms with Crippen molar-refractivity contribution in [2.45, 2.75) is 19.8 Å². The number of ether oxygens (including phenoxy) is 1. The molecule has 112 valence electrons. The van der Waals surface area contributed by atoms with Gasteiger partial charge in [0, 0.05) is 4.47 Å². The van der Waals surface area contributed by atoms with Gasteiger partial charge in [-0.1, -0.05) is 40.2 Å². The van der Waals surface area contributed by atoms with Crippen LogP contribution in [0.5, 0.6) is 0 Å². The van der Waals surface area contributed by atoms with Crippen LogP contribution in [-0.4, -0.2) is 22.9 Å². The zero-order chi connectivity index (χ0) is 15.7. The molecule has 0 aromatic heterocycles. The van der Waals surface area contributed by atoms with Crippen LogP contribution in [0.15, 0.2) is 53.0 Å². The Balaban J connectivity index is 1.71. The molecule has 22 heavy (non-hydrogen) atoms. The van der Waals surface area contributed by atoms with E-state index in [-0.39, 0.29) is 11.8 Å². The molecule has 1 aliphatic rings. The van der Waals surface area contributed by atoms with Gasteiger partial charge in [-0.2, -0.15) is 0 Å². The van der Waals surface area contributed by atoms with Crippen LogP contribution in [0.2, 0.25) is 0 Å². The van der Waals surface area contributed by atoms with Crippen LogP contribution in [0.3, 0.4) is 0 Å². The summed E-state index contributed by atoms with van der Waals surface area (Å²) < 4.78 is 6.68. The van der Waals surface area contributed by atoms with E-state index < -0.39 is 6.23 Å². The molecule has 2 amide bonds. The van der Waals surface area contributed by atoms with Gasteiger partial charge in [-0.25, -0.2) is 4.90 Å². The first-order valence-electron chi connectivity index (χ1n) is 6.91. The van der Waals surface area contributed by atoms with Crippen molar-refractivity contribution in [2.24, 2.45) is 0 Å². The van der Waals surface area contributed by atoms with Gasteiger partial charge in [0.15, 0.2) is 0 Å². The van der Waals surface area contributed by atoms with Crippen molar-refractivity contribution < 1.29 is 14.3 Å². The Morgan fingerprint density at radius 3 is 2.09 bits per heavy atom. The number of halogens is 1. The molecule has 2 aromatic rings. The van der Waals surface area contributed by atoms with E-state index in [4.69, 9.17) is 4.74 Å². The van der Waals surface area contributed by atoms with E-state index in [1.807, 2.05) is 24.3 Å². The topological polar surface area (TPSA) is 46.6 Å². The molecule has 0 N–H and O–H groups in total. The third-order valence-corrected chi connectivity index (χ3v) is 4.12. The second kappa shape index (κ2) is 6.02. The summed E-state index contributed by atoms with van der Waals surface area (Å²) in [4.78, 5) is 25.8. The third kappa shape index (κ3) is 2.69. The first kappa shape index (κ1) is 14.9. The number of nitrogens with zero attached hydrogens (tertiary/aromatic N) is 1. The molecule has 2 aromatic carbocycles. The number of carbonyl (C=O) groups is 2. The highest BCUT2D eigenvalue weighted by molar-refractivity contribution is 9.10. The largest absolute Gasteiger partial charge is 0.353 e. The van der Waals surface area contributed by atoms with E-state index in [2.05, 4.69) is 15.9 Å². The van der Waals surface area contributed by atoms with E-state index >= 15 is 0 Å². The number of amides is 2. The highest BCUT2D eigenvalue weighted by atomic mass is 79.9. The van der Waals surface area contributed by atoms with Gasteiger partial charge in [0.1, 0.15) is 6.23 Å². The molecule has 0 bridgehead atoms. The third-order valence-electron chi connectivity index (χ3n) is 3.59. The van der Waals surface area contributed by atoms with Gasteiger partial charge >= 0.3 is 0 Å². The van der Waals surface area contributed by atoms with Crippen molar-refractivity contribution in [2.75, 3.05) is 0 Å².